The van der Waals surface area contributed by atoms with Crippen LogP contribution in [-0.4, -0.2) is 18.5 Å². The van der Waals surface area contributed by atoms with Gasteiger partial charge in [0.1, 0.15) is 6.10 Å². The van der Waals surface area contributed by atoms with Crippen LogP contribution < -0.4 is 0 Å². The molecule has 1 aromatic rings. The molecule has 1 aliphatic carbocycles. The molecule has 1 unspecified atom stereocenters. The minimum Gasteiger partial charge on any atom is -0.370 e. The number of benzene rings is 1. The second-order valence-electron chi connectivity index (χ2n) is 4.86. The fraction of sp³-hybridized carbons (Fsp3) is 0.533. The van der Waals surface area contributed by atoms with Crippen molar-refractivity contribution in [1.29, 1.82) is 0 Å². The van der Waals surface area contributed by atoms with Crippen LogP contribution in [0, 0.1) is 5.92 Å². The minimum absolute atomic E-state index is 0.0867. The Labute approximate surface area is 103 Å². The average Bonchev–Trinajstić information content (AvgIpc) is 2.89. The number of Topliss-reactive ketones (excluding diaryl/α,β-unsaturated/α-hetero) is 1. The highest BCUT2D eigenvalue weighted by Gasteiger charge is 2.19. The van der Waals surface area contributed by atoms with Gasteiger partial charge in [0.05, 0.1) is 6.61 Å². The molecule has 0 heterocycles. The zero-order valence-electron chi connectivity index (χ0n) is 10.4. The summed E-state index contributed by atoms with van der Waals surface area (Å²) in [6, 6.07) is 9.38. The summed E-state index contributed by atoms with van der Waals surface area (Å²) < 4.78 is 5.69. The van der Waals surface area contributed by atoms with Crippen molar-refractivity contribution >= 4 is 5.78 Å². The maximum atomic E-state index is 12.0. The second-order valence-corrected chi connectivity index (χ2v) is 4.86. The van der Waals surface area contributed by atoms with Gasteiger partial charge in [0, 0.05) is 5.56 Å². The van der Waals surface area contributed by atoms with Gasteiger partial charge in [-0.2, -0.15) is 0 Å². The van der Waals surface area contributed by atoms with Crippen molar-refractivity contribution in [2.75, 3.05) is 6.61 Å². The topological polar surface area (TPSA) is 26.3 Å². The quantitative estimate of drug-likeness (QED) is 0.727. The lowest BCUT2D eigenvalue weighted by Crippen LogP contribution is -2.23. The Bertz CT molecular complexity index is 352. The van der Waals surface area contributed by atoms with Crippen LogP contribution in [0.5, 0.6) is 0 Å². The zero-order chi connectivity index (χ0) is 12.1. The summed E-state index contributed by atoms with van der Waals surface area (Å²) in [6.07, 6.45) is 4.82. The first-order valence-corrected chi connectivity index (χ1v) is 6.48. The van der Waals surface area contributed by atoms with E-state index in [0.717, 1.165) is 12.2 Å². The van der Waals surface area contributed by atoms with Crippen molar-refractivity contribution in [1.82, 2.24) is 0 Å². The summed E-state index contributed by atoms with van der Waals surface area (Å²) in [5, 5.41) is 0. The first-order chi connectivity index (χ1) is 8.27. The van der Waals surface area contributed by atoms with Crippen molar-refractivity contribution in [2.45, 2.75) is 38.7 Å². The monoisotopic (exact) mass is 232 g/mol. The van der Waals surface area contributed by atoms with Gasteiger partial charge in [-0.3, -0.25) is 4.79 Å². The molecule has 0 aromatic heterocycles. The van der Waals surface area contributed by atoms with E-state index in [9.17, 15) is 4.79 Å². The molecule has 0 amide bonds. The Kier molecular flexibility index (Phi) is 4.32. The number of ether oxygens (including phenoxy) is 1. The molecule has 92 valence electrons. The van der Waals surface area contributed by atoms with E-state index in [1.165, 1.54) is 25.7 Å². The Hall–Kier alpha value is -1.15. The lowest BCUT2D eigenvalue weighted by Gasteiger charge is -2.15. The average molecular weight is 232 g/mol. The molecule has 1 aliphatic rings. The van der Waals surface area contributed by atoms with Crippen LogP contribution in [0.3, 0.4) is 0 Å². The molecular formula is C15H20O2. The molecule has 0 saturated heterocycles. The van der Waals surface area contributed by atoms with Gasteiger partial charge in [-0.1, -0.05) is 43.2 Å². The molecule has 0 spiro atoms. The smallest absolute Gasteiger partial charge is 0.191 e. The lowest BCUT2D eigenvalue weighted by molar-refractivity contribution is 0.0351. The standard InChI is InChI=1S/C15H20O2/c1-12(17-11-13-7-5-6-8-13)15(16)14-9-3-2-4-10-14/h2-4,9-10,12-13H,5-8,11H2,1H3. The van der Waals surface area contributed by atoms with Crippen LogP contribution in [0.15, 0.2) is 30.3 Å². The van der Waals surface area contributed by atoms with E-state index in [2.05, 4.69) is 0 Å². The third kappa shape index (κ3) is 3.40. The highest BCUT2D eigenvalue weighted by atomic mass is 16.5. The minimum atomic E-state index is -0.321. The van der Waals surface area contributed by atoms with Crippen molar-refractivity contribution in [2.24, 2.45) is 5.92 Å². The molecule has 0 aliphatic heterocycles. The van der Waals surface area contributed by atoms with Gasteiger partial charge in [-0.05, 0) is 25.7 Å². The van der Waals surface area contributed by atoms with Crippen molar-refractivity contribution in [3.63, 3.8) is 0 Å². The summed E-state index contributed by atoms with van der Waals surface area (Å²) in [5.41, 5.74) is 0.742. The number of carbonyl (C=O) groups excluding carboxylic acids is 1. The predicted octanol–water partition coefficient (Wildman–Crippen LogP) is 3.46. The van der Waals surface area contributed by atoms with E-state index in [4.69, 9.17) is 4.74 Å². The first kappa shape index (κ1) is 12.3. The van der Waals surface area contributed by atoms with Gasteiger partial charge in [0.15, 0.2) is 5.78 Å². The van der Waals surface area contributed by atoms with Crippen LogP contribution in [0.25, 0.3) is 0 Å². The molecule has 2 nitrogen and oxygen atoms in total. The van der Waals surface area contributed by atoms with Gasteiger partial charge >= 0.3 is 0 Å². The van der Waals surface area contributed by atoms with E-state index >= 15 is 0 Å². The molecule has 0 bridgehead atoms. The molecule has 2 rings (SSSR count). The van der Waals surface area contributed by atoms with E-state index in [0.29, 0.717) is 5.92 Å². The predicted molar refractivity (Wildman–Crippen MR) is 68.1 cm³/mol. The highest BCUT2D eigenvalue weighted by molar-refractivity contribution is 5.99. The van der Waals surface area contributed by atoms with Gasteiger partial charge in [-0.25, -0.2) is 0 Å². The van der Waals surface area contributed by atoms with Gasteiger partial charge < -0.3 is 4.74 Å². The maximum absolute atomic E-state index is 12.0. The fourth-order valence-corrected chi connectivity index (χ4v) is 2.37. The number of rotatable bonds is 5. The van der Waals surface area contributed by atoms with E-state index in [1.54, 1.807) is 0 Å². The van der Waals surface area contributed by atoms with Gasteiger partial charge in [0.25, 0.3) is 0 Å². The number of ketones is 1. The zero-order valence-corrected chi connectivity index (χ0v) is 10.4. The lowest BCUT2D eigenvalue weighted by atomic mass is 10.1. The van der Waals surface area contributed by atoms with Crippen LogP contribution in [0.1, 0.15) is 43.0 Å². The molecule has 0 radical (unpaired) electrons. The van der Waals surface area contributed by atoms with Crippen LogP contribution in [-0.2, 0) is 4.74 Å². The normalized spacial score (nSPS) is 18.2. The maximum Gasteiger partial charge on any atom is 0.191 e. The Balaban J connectivity index is 1.83. The Morgan fingerprint density at radius 3 is 2.59 bits per heavy atom. The summed E-state index contributed by atoms with van der Waals surface area (Å²) in [7, 11) is 0. The van der Waals surface area contributed by atoms with Crippen LogP contribution in [0.4, 0.5) is 0 Å². The van der Waals surface area contributed by atoms with E-state index in [-0.39, 0.29) is 11.9 Å². The molecule has 1 fully saturated rings. The number of hydrogen-bond acceptors (Lipinski definition) is 2. The third-order valence-corrected chi connectivity index (χ3v) is 3.48. The second kappa shape index (κ2) is 5.97. The molecule has 2 heteroatoms. The van der Waals surface area contributed by atoms with Crippen molar-refractivity contribution in [3.05, 3.63) is 35.9 Å². The molecular weight excluding hydrogens is 212 g/mol. The molecule has 1 atom stereocenters. The van der Waals surface area contributed by atoms with Crippen LogP contribution in [0.2, 0.25) is 0 Å². The van der Waals surface area contributed by atoms with Crippen LogP contribution >= 0.6 is 0 Å². The molecule has 0 N–H and O–H groups in total. The Morgan fingerprint density at radius 1 is 1.29 bits per heavy atom. The molecule has 1 aromatic carbocycles. The van der Waals surface area contributed by atoms with Gasteiger partial charge in [-0.15, -0.1) is 0 Å². The first-order valence-electron chi connectivity index (χ1n) is 6.48. The van der Waals surface area contributed by atoms with E-state index in [1.807, 2.05) is 37.3 Å². The largest absolute Gasteiger partial charge is 0.370 e. The number of carbonyl (C=O) groups is 1. The molecule has 17 heavy (non-hydrogen) atoms. The summed E-state index contributed by atoms with van der Waals surface area (Å²) >= 11 is 0. The SMILES string of the molecule is CC(OCC1CCCC1)C(=O)c1ccccc1. The third-order valence-electron chi connectivity index (χ3n) is 3.48. The fourth-order valence-electron chi connectivity index (χ4n) is 2.37. The number of hydrogen-bond donors (Lipinski definition) is 0. The summed E-state index contributed by atoms with van der Waals surface area (Å²) in [4.78, 5) is 12.0. The van der Waals surface area contributed by atoms with Crippen molar-refractivity contribution in [3.8, 4) is 0 Å². The van der Waals surface area contributed by atoms with E-state index < -0.39 is 0 Å². The molecule has 1 saturated carbocycles. The van der Waals surface area contributed by atoms with Gasteiger partial charge in [0.2, 0.25) is 0 Å². The summed E-state index contributed by atoms with van der Waals surface area (Å²) in [6.45, 7) is 2.59. The van der Waals surface area contributed by atoms with Crippen molar-refractivity contribution < 1.29 is 9.53 Å². The summed E-state index contributed by atoms with van der Waals surface area (Å²) in [5.74, 6) is 0.754. The highest BCUT2D eigenvalue weighted by Crippen LogP contribution is 2.25. The Morgan fingerprint density at radius 2 is 1.94 bits per heavy atom.